The third-order valence-electron chi connectivity index (χ3n) is 4.84. The Morgan fingerprint density at radius 3 is 2.71 bits per heavy atom. The minimum atomic E-state index is 0.350. The highest BCUT2D eigenvalue weighted by Gasteiger charge is 2.58. The second-order valence-corrected chi connectivity index (χ2v) is 6.43. The van der Waals surface area contributed by atoms with Gasteiger partial charge in [0.05, 0.1) is 0 Å². The van der Waals surface area contributed by atoms with Crippen LogP contribution in [0.4, 0.5) is 0 Å². The zero-order valence-corrected chi connectivity index (χ0v) is 11.7. The minimum Gasteiger partial charge on any atom is -0.342 e. The number of hydrogen-bond acceptors (Lipinski definition) is 2. The number of amides is 1. The van der Waals surface area contributed by atoms with Gasteiger partial charge >= 0.3 is 0 Å². The summed E-state index contributed by atoms with van der Waals surface area (Å²) in [6, 6.07) is 0. The molecule has 2 fully saturated rings. The van der Waals surface area contributed by atoms with Crippen molar-refractivity contribution in [3.8, 4) is 0 Å². The lowest BCUT2D eigenvalue weighted by atomic mass is 9.84. The van der Waals surface area contributed by atoms with Crippen LogP contribution in [0.15, 0.2) is 0 Å². The second-order valence-electron chi connectivity index (χ2n) is 6.43. The summed E-state index contributed by atoms with van der Waals surface area (Å²) in [6.45, 7) is 7.55. The smallest absolute Gasteiger partial charge is 0.223 e. The highest BCUT2D eigenvalue weighted by molar-refractivity contribution is 5.76. The minimum absolute atomic E-state index is 0.350. The molecule has 0 radical (unpaired) electrons. The van der Waals surface area contributed by atoms with E-state index >= 15 is 0 Å². The summed E-state index contributed by atoms with van der Waals surface area (Å²) in [4.78, 5) is 16.2. The molecule has 3 heteroatoms. The van der Waals surface area contributed by atoms with Crippen molar-refractivity contribution < 1.29 is 4.79 Å². The molecule has 2 atom stereocenters. The molecule has 17 heavy (non-hydrogen) atoms. The van der Waals surface area contributed by atoms with Crippen LogP contribution in [0, 0.1) is 17.3 Å². The quantitative estimate of drug-likeness (QED) is 0.746. The molecule has 98 valence electrons. The largest absolute Gasteiger partial charge is 0.342 e. The molecule has 0 N–H and O–H groups in total. The van der Waals surface area contributed by atoms with Crippen LogP contribution in [-0.4, -0.2) is 49.4 Å². The molecular formula is C14H26N2O. The molecule has 1 aliphatic carbocycles. The van der Waals surface area contributed by atoms with Gasteiger partial charge in [-0.05, 0) is 44.2 Å². The lowest BCUT2D eigenvalue weighted by Gasteiger charge is -2.34. The maximum absolute atomic E-state index is 12.0. The third kappa shape index (κ3) is 2.49. The lowest BCUT2D eigenvalue weighted by Crippen LogP contribution is -2.41. The van der Waals surface area contributed by atoms with Gasteiger partial charge in [-0.25, -0.2) is 0 Å². The number of piperidine rings is 1. The van der Waals surface area contributed by atoms with Crippen LogP contribution in [0.1, 0.15) is 33.1 Å². The van der Waals surface area contributed by atoms with Crippen molar-refractivity contribution in [3.05, 3.63) is 0 Å². The fourth-order valence-corrected chi connectivity index (χ4v) is 3.35. The van der Waals surface area contributed by atoms with Crippen LogP contribution in [0.25, 0.3) is 0 Å². The first-order valence-corrected chi connectivity index (χ1v) is 6.88. The monoisotopic (exact) mass is 238 g/mol. The molecule has 0 aromatic rings. The molecule has 2 unspecified atom stereocenters. The average Bonchev–Trinajstić information content (AvgIpc) is 3.00. The van der Waals surface area contributed by atoms with E-state index in [4.69, 9.17) is 0 Å². The molecule has 2 rings (SSSR count). The van der Waals surface area contributed by atoms with Gasteiger partial charge in [-0.1, -0.05) is 13.8 Å². The first kappa shape index (κ1) is 12.9. The molecule has 2 aliphatic rings. The van der Waals surface area contributed by atoms with E-state index in [1.54, 1.807) is 0 Å². The predicted molar refractivity (Wildman–Crippen MR) is 69.7 cm³/mol. The fourth-order valence-electron chi connectivity index (χ4n) is 3.35. The van der Waals surface area contributed by atoms with Crippen molar-refractivity contribution in [2.24, 2.45) is 17.3 Å². The van der Waals surface area contributed by atoms with E-state index in [1.165, 1.54) is 12.8 Å². The van der Waals surface area contributed by atoms with E-state index in [1.807, 2.05) is 14.1 Å². The Kier molecular flexibility index (Phi) is 3.48. The molecule has 0 bridgehead atoms. The van der Waals surface area contributed by atoms with Gasteiger partial charge in [0, 0.05) is 26.1 Å². The van der Waals surface area contributed by atoms with Crippen LogP contribution in [0.2, 0.25) is 0 Å². The molecule has 3 nitrogen and oxygen atoms in total. The maximum atomic E-state index is 12.0. The highest BCUT2D eigenvalue weighted by Crippen LogP contribution is 2.62. The van der Waals surface area contributed by atoms with E-state index in [-0.39, 0.29) is 0 Å². The van der Waals surface area contributed by atoms with Crippen LogP contribution in [0.3, 0.4) is 0 Å². The number of rotatable bonds is 4. The topological polar surface area (TPSA) is 23.6 Å². The van der Waals surface area contributed by atoms with Gasteiger partial charge in [0.25, 0.3) is 0 Å². The summed E-state index contributed by atoms with van der Waals surface area (Å²) in [5, 5.41) is 0. The van der Waals surface area contributed by atoms with E-state index in [0.29, 0.717) is 17.7 Å². The summed E-state index contributed by atoms with van der Waals surface area (Å²) >= 11 is 0. The summed E-state index contributed by atoms with van der Waals surface area (Å²) in [7, 11) is 4.04. The van der Waals surface area contributed by atoms with Gasteiger partial charge in [-0.2, -0.15) is 0 Å². The molecule has 1 saturated heterocycles. The number of carbonyl (C=O) groups is 1. The Labute approximate surface area is 105 Å². The van der Waals surface area contributed by atoms with Gasteiger partial charge in [-0.15, -0.1) is 0 Å². The summed E-state index contributed by atoms with van der Waals surface area (Å²) in [5.74, 6) is 1.93. The van der Waals surface area contributed by atoms with Gasteiger partial charge in [0.1, 0.15) is 0 Å². The Morgan fingerprint density at radius 1 is 1.47 bits per heavy atom. The number of fused-ring (bicyclic) bond motifs is 1. The number of hydrogen-bond donors (Lipinski definition) is 0. The highest BCUT2D eigenvalue weighted by atomic mass is 16.2. The summed E-state index contributed by atoms with van der Waals surface area (Å²) in [5.41, 5.74) is 0.596. The van der Waals surface area contributed by atoms with E-state index in [2.05, 4.69) is 23.6 Å². The Morgan fingerprint density at radius 2 is 2.18 bits per heavy atom. The van der Waals surface area contributed by atoms with Gasteiger partial charge < -0.3 is 9.80 Å². The molecular weight excluding hydrogens is 212 g/mol. The Balaban J connectivity index is 1.81. The van der Waals surface area contributed by atoms with Crippen molar-refractivity contribution in [1.29, 1.82) is 0 Å². The van der Waals surface area contributed by atoms with Gasteiger partial charge in [0.2, 0.25) is 5.91 Å². The van der Waals surface area contributed by atoms with Crippen molar-refractivity contribution in [2.45, 2.75) is 33.1 Å². The second kappa shape index (κ2) is 4.60. The van der Waals surface area contributed by atoms with Crippen LogP contribution in [0.5, 0.6) is 0 Å². The normalized spacial score (nSPS) is 31.9. The molecule has 1 saturated carbocycles. The molecule has 1 heterocycles. The summed E-state index contributed by atoms with van der Waals surface area (Å²) < 4.78 is 0. The predicted octanol–water partition coefficient (Wildman–Crippen LogP) is 1.83. The summed E-state index contributed by atoms with van der Waals surface area (Å²) in [6.07, 6.45) is 3.25. The zero-order valence-electron chi connectivity index (χ0n) is 11.7. The molecule has 1 amide bonds. The average molecular weight is 238 g/mol. The first-order chi connectivity index (χ1) is 7.95. The fraction of sp³-hybridized carbons (Fsp3) is 0.929. The van der Waals surface area contributed by atoms with Crippen LogP contribution < -0.4 is 0 Å². The van der Waals surface area contributed by atoms with Gasteiger partial charge in [-0.3, -0.25) is 4.79 Å². The van der Waals surface area contributed by atoms with Crippen molar-refractivity contribution in [3.63, 3.8) is 0 Å². The lowest BCUT2D eigenvalue weighted by molar-refractivity contribution is -0.133. The Bertz CT molecular complexity index is 301. The standard InChI is InChI=1S/C14H26N2O/c1-11(2)14-6-8-16(10-12(14)9-14)13(17)5-7-15(3)4/h11-12H,5-10H2,1-4H3. The van der Waals surface area contributed by atoms with E-state index in [9.17, 15) is 4.79 Å². The maximum Gasteiger partial charge on any atom is 0.223 e. The van der Waals surface area contributed by atoms with Crippen LogP contribution in [-0.2, 0) is 4.79 Å². The van der Waals surface area contributed by atoms with Crippen molar-refractivity contribution in [1.82, 2.24) is 9.80 Å². The zero-order chi connectivity index (χ0) is 12.6. The van der Waals surface area contributed by atoms with E-state index in [0.717, 1.165) is 31.5 Å². The molecule has 0 aromatic heterocycles. The number of nitrogens with zero attached hydrogens (tertiary/aromatic N) is 2. The molecule has 0 spiro atoms. The Hall–Kier alpha value is -0.570. The number of carbonyl (C=O) groups excluding carboxylic acids is 1. The first-order valence-electron chi connectivity index (χ1n) is 6.88. The molecule has 0 aromatic carbocycles. The van der Waals surface area contributed by atoms with Crippen LogP contribution >= 0.6 is 0 Å². The molecule has 1 aliphatic heterocycles. The van der Waals surface area contributed by atoms with E-state index < -0.39 is 0 Å². The van der Waals surface area contributed by atoms with Crippen molar-refractivity contribution in [2.75, 3.05) is 33.7 Å². The number of likely N-dealkylation sites (tertiary alicyclic amines) is 1. The van der Waals surface area contributed by atoms with Gasteiger partial charge in [0.15, 0.2) is 0 Å². The van der Waals surface area contributed by atoms with Crippen molar-refractivity contribution >= 4 is 5.91 Å². The SMILES string of the molecule is CC(C)C12CCN(C(=O)CCN(C)C)CC1C2. The third-order valence-corrected chi connectivity index (χ3v) is 4.84.